The van der Waals surface area contributed by atoms with Crippen LogP contribution in [0.15, 0.2) is 53.5 Å². The molecule has 0 fully saturated rings. The van der Waals surface area contributed by atoms with Crippen molar-refractivity contribution in [2.24, 2.45) is 4.99 Å². The Morgan fingerprint density at radius 1 is 1.19 bits per heavy atom. The monoisotopic (exact) mass is 384 g/mol. The van der Waals surface area contributed by atoms with E-state index in [4.69, 9.17) is 16.7 Å². The Morgan fingerprint density at radius 2 is 1.93 bits per heavy atom. The predicted molar refractivity (Wildman–Crippen MR) is 108 cm³/mol. The van der Waals surface area contributed by atoms with E-state index in [-0.39, 0.29) is 24.8 Å². The average Bonchev–Trinajstić information content (AvgIpc) is 2.96. The molecule has 0 aliphatic rings. The molecule has 0 aliphatic heterocycles. The molecule has 27 heavy (non-hydrogen) atoms. The van der Waals surface area contributed by atoms with Crippen molar-refractivity contribution in [3.8, 4) is 11.6 Å². The van der Waals surface area contributed by atoms with Crippen LogP contribution in [0.5, 0.6) is 5.88 Å². The smallest absolute Gasteiger partial charge is 0.206 e. The fourth-order valence-corrected chi connectivity index (χ4v) is 3.25. The molecule has 140 valence electrons. The number of nitrogens with zero attached hydrogens (tertiary/aromatic N) is 2. The second kappa shape index (κ2) is 8.37. The van der Waals surface area contributed by atoms with Crippen molar-refractivity contribution in [1.82, 2.24) is 4.57 Å². The Hall–Kier alpha value is -2.63. The highest BCUT2D eigenvalue weighted by Crippen LogP contribution is 2.36. The van der Waals surface area contributed by atoms with Crippen LogP contribution in [0.3, 0.4) is 0 Å². The molecule has 2 N–H and O–H groups in total. The molecular weight excluding hydrogens is 364 g/mol. The number of benzene rings is 2. The lowest BCUT2D eigenvalue weighted by Crippen LogP contribution is -2.06. The number of aromatic nitrogens is 1. The first kappa shape index (κ1) is 19.1. The zero-order valence-electron chi connectivity index (χ0n) is 15.0. The number of aliphatic hydroxyl groups excluding tert-OH is 1. The quantitative estimate of drug-likeness (QED) is 0.601. The summed E-state index contributed by atoms with van der Waals surface area (Å²) in [5, 5.41) is 21.2. The Morgan fingerprint density at radius 3 is 2.63 bits per heavy atom. The number of carbonyl (C=O) groups excluding carboxylic acids is 1. The van der Waals surface area contributed by atoms with E-state index >= 15 is 0 Å². The molecule has 6 heteroatoms. The average molecular weight is 385 g/mol. The van der Waals surface area contributed by atoms with E-state index in [1.54, 1.807) is 23.6 Å². The Labute approximate surface area is 162 Å². The lowest BCUT2D eigenvalue weighted by Gasteiger charge is -2.07. The molecule has 0 saturated carbocycles. The third-order valence-electron chi connectivity index (χ3n) is 4.39. The van der Waals surface area contributed by atoms with Gasteiger partial charge in [0.05, 0.1) is 17.6 Å². The second-order valence-corrected chi connectivity index (χ2v) is 6.73. The number of fused-ring (bicyclic) bond motifs is 1. The topological polar surface area (TPSA) is 74.8 Å². The summed E-state index contributed by atoms with van der Waals surface area (Å²) in [6.45, 7) is 1.79. The first-order chi connectivity index (χ1) is 13.0. The lowest BCUT2D eigenvalue weighted by atomic mass is 10.1. The van der Waals surface area contributed by atoms with Crippen LogP contribution in [-0.4, -0.2) is 39.4 Å². The van der Waals surface area contributed by atoms with Gasteiger partial charge in [-0.25, -0.2) is 0 Å². The first-order valence-corrected chi connectivity index (χ1v) is 9.13. The van der Waals surface area contributed by atoms with Gasteiger partial charge in [-0.1, -0.05) is 35.9 Å². The normalized spacial score (nSPS) is 11.9. The van der Waals surface area contributed by atoms with E-state index in [0.29, 0.717) is 29.1 Å². The van der Waals surface area contributed by atoms with Gasteiger partial charge in [-0.2, -0.15) is 0 Å². The fourth-order valence-electron chi connectivity index (χ4n) is 3.08. The van der Waals surface area contributed by atoms with Gasteiger partial charge in [0.2, 0.25) is 5.88 Å². The molecule has 0 atom stereocenters. The van der Waals surface area contributed by atoms with Crippen LogP contribution < -0.4 is 0 Å². The van der Waals surface area contributed by atoms with Crippen LogP contribution in [0.25, 0.3) is 16.6 Å². The molecule has 0 aliphatic carbocycles. The van der Waals surface area contributed by atoms with Gasteiger partial charge in [0.1, 0.15) is 0 Å². The maximum atomic E-state index is 11.9. The number of aliphatic imine (C=N–C) groups is 1. The molecule has 0 spiro atoms. The Bertz CT molecular complexity index is 994. The van der Waals surface area contributed by atoms with Gasteiger partial charge in [0.15, 0.2) is 5.78 Å². The van der Waals surface area contributed by atoms with Crippen molar-refractivity contribution in [2.75, 3.05) is 13.2 Å². The highest BCUT2D eigenvalue weighted by molar-refractivity contribution is 6.31. The van der Waals surface area contributed by atoms with Gasteiger partial charge >= 0.3 is 0 Å². The number of aromatic hydroxyl groups is 1. The molecule has 0 radical (unpaired) electrons. The van der Waals surface area contributed by atoms with Gasteiger partial charge < -0.3 is 10.2 Å². The zero-order chi connectivity index (χ0) is 19.4. The minimum absolute atomic E-state index is 0.0133. The summed E-state index contributed by atoms with van der Waals surface area (Å²) in [7, 11) is 0. The van der Waals surface area contributed by atoms with Crippen molar-refractivity contribution >= 4 is 34.0 Å². The highest BCUT2D eigenvalue weighted by atomic mass is 35.5. The summed E-state index contributed by atoms with van der Waals surface area (Å²) < 4.78 is 1.73. The van der Waals surface area contributed by atoms with Gasteiger partial charge in [0, 0.05) is 34.8 Å². The van der Waals surface area contributed by atoms with Crippen molar-refractivity contribution in [2.45, 2.75) is 19.8 Å². The standard InChI is InChI=1S/C21H21ClN2O3/c1-14(23-13-17(26)8-5-11-25)20-18-10-9-15(22)12-19(18)24(21(20)27)16-6-3-2-4-7-16/h2-4,6-7,9-10,12,25,27H,5,8,11,13H2,1H3. The largest absolute Gasteiger partial charge is 0.494 e. The molecule has 0 unspecified atom stereocenters. The summed E-state index contributed by atoms with van der Waals surface area (Å²) in [6.07, 6.45) is 0.727. The van der Waals surface area contributed by atoms with Crippen LogP contribution in [-0.2, 0) is 4.79 Å². The van der Waals surface area contributed by atoms with Crippen LogP contribution in [0.2, 0.25) is 5.02 Å². The molecular formula is C21H21ClN2O3. The Kier molecular flexibility index (Phi) is 5.94. The highest BCUT2D eigenvalue weighted by Gasteiger charge is 2.20. The summed E-state index contributed by atoms with van der Waals surface area (Å²) >= 11 is 6.18. The van der Waals surface area contributed by atoms with Crippen molar-refractivity contribution in [1.29, 1.82) is 0 Å². The van der Waals surface area contributed by atoms with E-state index in [0.717, 1.165) is 16.6 Å². The molecule has 5 nitrogen and oxygen atoms in total. The van der Waals surface area contributed by atoms with Gasteiger partial charge in [0.25, 0.3) is 0 Å². The van der Waals surface area contributed by atoms with E-state index in [1.165, 1.54) is 0 Å². The SMILES string of the molecule is CC(=NCC(=O)CCCO)c1c(O)n(-c2ccccc2)c2cc(Cl)ccc12. The molecule has 1 aromatic heterocycles. The van der Waals surface area contributed by atoms with E-state index < -0.39 is 0 Å². The Balaban J connectivity index is 2.08. The van der Waals surface area contributed by atoms with Crippen molar-refractivity contribution in [3.63, 3.8) is 0 Å². The zero-order valence-corrected chi connectivity index (χ0v) is 15.8. The number of para-hydroxylation sites is 1. The van der Waals surface area contributed by atoms with Crippen molar-refractivity contribution < 1.29 is 15.0 Å². The molecule has 3 aromatic rings. The molecule has 0 saturated heterocycles. The van der Waals surface area contributed by atoms with Gasteiger partial charge in [-0.3, -0.25) is 14.4 Å². The minimum atomic E-state index is -0.0438. The van der Waals surface area contributed by atoms with E-state index in [1.807, 2.05) is 36.4 Å². The van der Waals surface area contributed by atoms with Crippen LogP contribution in [0.4, 0.5) is 0 Å². The van der Waals surface area contributed by atoms with Crippen LogP contribution in [0, 0.1) is 0 Å². The number of carbonyl (C=O) groups is 1. The van der Waals surface area contributed by atoms with Gasteiger partial charge in [-0.05, 0) is 37.6 Å². The molecule has 1 heterocycles. The lowest BCUT2D eigenvalue weighted by molar-refractivity contribution is -0.117. The summed E-state index contributed by atoms with van der Waals surface area (Å²) in [4.78, 5) is 16.2. The predicted octanol–water partition coefficient (Wildman–Crippen LogP) is 4.14. The number of ketones is 1. The van der Waals surface area contributed by atoms with E-state index in [2.05, 4.69) is 4.99 Å². The molecule has 2 aromatic carbocycles. The molecule has 0 amide bonds. The maximum Gasteiger partial charge on any atom is 0.206 e. The number of halogens is 1. The van der Waals surface area contributed by atoms with Crippen LogP contribution >= 0.6 is 11.6 Å². The first-order valence-electron chi connectivity index (χ1n) is 8.75. The summed E-state index contributed by atoms with van der Waals surface area (Å²) in [5.74, 6) is 0.0141. The summed E-state index contributed by atoms with van der Waals surface area (Å²) in [6, 6.07) is 14.9. The summed E-state index contributed by atoms with van der Waals surface area (Å²) in [5.41, 5.74) is 2.73. The molecule has 3 rings (SSSR count). The number of hydrogen-bond donors (Lipinski definition) is 2. The molecule has 0 bridgehead atoms. The second-order valence-electron chi connectivity index (χ2n) is 6.30. The fraction of sp³-hybridized carbons (Fsp3) is 0.238. The maximum absolute atomic E-state index is 11.9. The minimum Gasteiger partial charge on any atom is -0.494 e. The number of hydrogen-bond acceptors (Lipinski definition) is 4. The van der Waals surface area contributed by atoms with Crippen molar-refractivity contribution in [3.05, 3.63) is 59.1 Å². The number of rotatable bonds is 7. The van der Waals surface area contributed by atoms with Crippen LogP contribution in [0.1, 0.15) is 25.3 Å². The third-order valence-corrected chi connectivity index (χ3v) is 4.62. The third kappa shape index (κ3) is 4.04. The van der Waals surface area contributed by atoms with Gasteiger partial charge in [-0.15, -0.1) is 0 Å². The van der Waals surface area contributed by atoms with E-state index in [9.17, 15) is 9.90 Å². The number of aliphatic hydroxyl groups is 1. The number of Topliss-reactive ketones (excluding diaryl/α,β-unsaturated/α-hetero) is 1.